The van der Waals surface area contributed by atoms with Gasteiger partial charge in [0, 0.05) is 10.9 Å². The molecule has 1 heterocycles. The number of aromatic nitrogens is 1. The summed E-state index contributed by atoms with van der Waals surface area (Å²) in [4.78, 5) is 0.139. The van der Waals surface area contributed by atoms with E-state index >= 15 is 0 Å². The van der Waals surface area contributed by atoms with E-state index in [2.05, 4.69) is 5.16 Å². The van der Waals surface area contributed by atoms with Crippen LogP contribution in [0.1, 0.15) is 11.1 Å². The van der Waals surface area contributed by atoms with Crippen molar-refractivity contribution in [3.05, 3.63) is 59.9 Å². The van der Waals surface area contributed by atoms with E-state index in [1.165, 1.54) is 18.4 Å². The Morgan fingerprint density at radius 3 is 2.67 bits per heavy atom. The molecule has 0 atom stereocenters. The lowest BCUT2D eigenvalue weighted by molar-refractivity contribution is 0.308. The summed E-state index contributed by atoms with van der Waals surface area (Å²) in [6.45, 7) is 1.81. The Balaban J connectivity index is 1.83. The summed E-state index contributed by atoms with van der Waals surface area (Å²) in [7, 11) is -3.79. The van der Waals surface area contributed by atoms with Gasteiger partial charge in [0.15, 0.2) is 0 Å². The molecule has 0 fully saturated rings. The van der Waals surface area contributed by atoms with E-state index in [1.54, 1.807) is 24.3 Å². The highest BCUT2D eigenvalue weighted by atomic mass is 32.2. The average Bonchev–Trinajstić information content (AvgIpc) is 2.94. The molecule has 2 aromatic carbocycles. The number of benzene rings is 2. The van der Waals surface area contributed by atoms with Crippen molar-refractivity contribution in [1.82, 2.24) is 5.16 Å². The van der Waals surface area contributed by atoms with E-state index < -0.39 is 10.1 Å². The van der Waals surface area contributed by atoms with Crippen molar-refractivity contribution >= 4 is 21.0 Å². The van der Waals surface area contributed by atoms with E-state index in [0.29, 0.717) is 11.1 Å². The van der Waals surface area contributed by atoms with E-state index in [9.17, 15) is 8.42 Å². The van der Waals surface area contributed by atoms with Gasteiger partial charge >= 0.3 is 0 Å². The number of rotatable bonds is 4. The first-order valence-electron chi connectivity index (χ1n) is 6.34. The molecule has 0 N–H and O–H groups in total. The van der Waals surface area contributed by atoms with Crippen molar-refractivity contribution < 1.29 is 17.1 Å². The van der Waals surface area contributed by atoms with E-state index in [0.717, 1.165) is 10.9 Å². The highest BCUT2D eigenvalue weighted by Gasteiger charge is 2.16. The molecule has 6 heteroatoms. The van der Waals surface area contributed by atoms with Crippen LogP contribution in [0, 0.1) is 6.92 Å². The zero-order valence-electron chi connectivity index (χ0n) is 11.3. The van der Waals surface area contributed by atoms with Gasteiger partial charge in [-0.05, 0) is 25.1 Å². The molecule has 1 aromatic heterocycles. The van der Waals surface area contributed by atoms with Gasteiger partial charge in [-0.3, -0.25) is 4.18 Å². The third-order valence-electron chi connectivity index (χ3n) is 3.15. The van der Waals surface area contributed by atoms with Gasteiger partial charge in [-0.15, -0.1) is 0 Å². The molecule has 0 aliphatic heterocycles. The summed E-state index contributed by atoms with van der Waals surface area (Å²) in [5.41, 5.74) is 2.26. The fraction of sp³-hybridized carbons (Fsp3) is 0.133. The highest BCUT2D eigenvalue weighted by molar-refractivity contribution is 7.86. The van der Waals surface area contributed by atoms with Crippen LogP contribution < -0.4 is 0 Å². The zero-order valence-corrected chi connectivity index (χ0v) is 12.1. The first kappa shape index (κ1) is 13.8. The first-order chi connectivity index (χ1) is 10.1. The molecule has 0 saturated heterocycles. The van der Waals surface area contributed by atoms with Crippen LogP contribution in [-0.2, 0) is 20.9 Å². The fourth-order valence-corrected chi connectivity index (χ4v) is 2.87. The highest BCUT2D eigenvalue weighted by Crippen LogP contribution is 2.20. The minimum absolute atomic E-state index is 0.0833. The maximum Gasteiger partial charge on any atom is 0.297 e. The van der Waals surface area contributed by atoms with Crippen LogP contribution in [0.5, 0.6) is 0 Å². The molecule has 3 aromatic rings. The predicted octanol–water partition coefficient (Wildman–Crippen LogP) is 3.04. The quantitative estimate of drug-likeness (QED) is 0.693. The standard InChI is InChI=1S/C15H13NO4S/c1-11-5-7-14(8-6-11)21(17,18)20-10-13-4-2-3-12-9-19-16-15(12)13/h2-9H,10H2,1H3. The van der Waals surface area contributed by atoms with Gasteiger partial charge in [0.05, 0.1) is 11.5 Å². The number of fused-ring (bicyclic) bond motifs is 1. The van der Waals surface area contributed by atoms with Crippen LogP contribution in [0.3, 0.4) is 0 Å². The molecule has 0 bridgehead atoms. The molecule has 0 radical (unpaired) electrons. The molecule has 5 nitrogen and oxygen atoms in total. The van der Waals surface area contributed by atoms with Gasteiger partial charge in [0.1, 0.15) is 11.8 Å². The maximum absolute atomic E-state index is 12.1. The third kappa shape index (κ3) is 2.81. The number of hydrogen-bond acceptors (Lipinski definition) is 5. The lowest BCUT2D eigenvalue weighted by Gasteiger charge is -2.06. The third-order valence-corrected chi connectivity index (χ3v) is 4.43. The van der Waals surface area contributed by atoms with Crippen LogP contribution >= 0.6 is 0 Å². The predicted molar refractivity (Wildman–Crippen MR) is 77.2 cm³/mol. The molecule has 0 spiro atoms. The van der Waals surface area contributed by atoms with Crippen LogP contribution in [0.25, 0.3) is 10.9 Å². The van der Waals surface area contributed by atoms with E-state index in [-0.39, 0.29) is 11.5 Å². The second kappa shape index (κ2) is 5.31. The van der Waals surface area contributed by atoms with Crippen molar-refractivity contribution in [3.63, 3.8) is 0 Å². The van der Waals surface area contributed by atoms with Gasteiger partial charge in [0.25, 0.3) is 10.1 Å². The topological polar surface area (TPSA) is 69.4 Å². The van der Waals surface area contributed by atoms with Crippen LogP contribution in [0.2, 0.25) is 0 Å². The molecular weight excluding hydrogens is 290 g/mol. The van der Waals surface area contributed by atoms with Gasteiger partial charge in [-0.1, -0.05) is 35.0 Å². The SMILES string of the molecule is Cc1ccc(S(=O)(=O)OCc2cccc3conc23)cc1. The Labute approximate surface area is 122 Å². The van der Waals surface area contributed by atoms with Crippen molar-refractivity contribution in [2.45, 2.75) is 18.4 Å². The van der Waals surface area contributed by atoms with Gasteiger partial charge in [-0.25, -0.2) is 0 Å². The van der Waals surface area contributed by atoms with Crippen LogP contribution in [-0.4, -0.2) is 13.6 Å². The zero-order chi connectivity index (χ0) is 14.9. The normalized spacial score (nSPS) is 11.9. The molecule has 0 aliphatic carbocycles. The lowest BCUT2D eigenvalue weighted by Crippen LogP contribution is -2.06. The fourth-order valence-electron chi connectivity index (χ4n) is 1.98. The maximum atomic E-state index is 12.1. The average molecular weight is 303 g/mol. The van der Waals surface area contributed by atoms with Gasteiger partial charge in [0.2, 0.25) is 0 Å². The van der Waals surface area contributed by atoms with Crippen molar-refractivity contribution in [1.29, 1.82) is 0 Å². The summed E-state index contributed by atoms with van der Waals surface area (Å²) in [6.07, 6.45) is 1.51. The summed E-state index contributed by atoms with van der Waals surface area (Å²) in [6, 6.07) is 11.9. The largest absolute Gasteiger partial charge is 0.363 e. The van der Waals surface area contributed by atoms with Crippen molar-refractivity contribution in [3.8, 4) is 0 Å². The minimum Gasteiger partial charge on any atom is -0.363 e. The van der Waals surface area contributed by atoms with Crippen LogP contribution in [0.4, 0.5) is 0 Å². The summed E-state index contributed by atoms with van der Waals surface area (Å²) in [5.74, 6) is 0. The van der Waals surface area contributed by atoms with Gasteiger partial charge in [-0.2, -0.15) is 8.42 Å². The van der Waals surface area contributed by atoms with Crippen molar-refractivity contribution in [2.75, 3.05) is 0 Å². The Kier molecular flexibility index (Phi) is 3.48. The number of aryl methyl sites for hydroxylation is 1. The molecular formula is C15H13NO4S. The van der Waals surface area contributed by atoms with Crippen molar-refractivity contribution in [2.24, 2.45) is 0 Å². The van der Waals surface area contributed by atoms with E-state index in [4.69, 9.17) is 8.71 Å². The Morgan fingerprint density at radius 2 is 1.90 bits per heavy atom. The Hall–Kier alpha value is -2.18. The number of hydrogen-bond donors (Lipinski definition) is 0. The molecule has 108 valence electrons. The molecule has 3 rings (SSSR count). The molecule has 21 heavy (non-hydrogen) atoms. The monoisotopic (exact) mass is 303 g/mol. The lowest BCUT2D eigenvalue weighted by atomic mass is 10.2. The molecule has 0 saturated carbocycles. The minimum atomic E-state index is -3.79. The molecule has 0 aliphatic rings. The summed E-state index contributed by atoms with van der Waals surface area (Å²) < 4.78 is 34.2. The number of nitrogens with zero attached hydrogens (tertiary/aromatic N) is 1. The Morgan fingerprint density at radius 1 is 1.14 bits per heavy atom. The van der Waals surface area contributed by atoms with E-state index in [1.807, 2.05) is 13.0 Å². The summed E-state index contributed by atoms with van der Waals surface area (Å²) >= 11 is 0. The molecule has 0 unspecified atom stereocenters. The second-order valence-electron chi connectivity index (χ2n) is 4.70. The summed E-state index contributed by atoms with van der Waals surface area (Å²) in [5, 5.41) is 4.66. The van der Waals surface area contributed by atoms with Gasteiger partial charge < -0.3 is 4.52 Å². The smallest absolute Gasteiger partial charge is 0.297 e. The Bertz CT molecular complexity index is 866. The first-order valence-corrected chi connectivity index (χ1v) is 7.75. The molecule has 0 amide bonds. The second-order valence-corrected chi connectivity index (χ2v) is 6.31. The van der Waals surface area contributed by atoms with Crippen LogP contribution in [0.15, 0.2) is 58.1 Å².